The van der Waals surface area contributed by atoms with Crippen LogP contribution in [0.2, 0.25) is 0 Å². The number of non-ortho nitro benzene ring substituents is 1. The van der Waals surface area contributed by atoms with E-state index in [2.05, 4.69) is 16.0 Å². The summed E-state index contributed by atoms with van der Waals surface area (Å²) in [7, 11) is 0. The average Bonchev–Trinajstić information content (AvgIpc) is 3.32. The highest BCUT2D eigenvalue weighted by Crippen LogP contribution is 2.35. The second kappa shape index (κ2) is 14.2. The van der Waals surface area contributed by atoms with Crippen molar-refractivity contribution in [2.45, 2.75) is 18.7 Å². The molecule has 0 aliphatic rings. The fourth-order valence-corrected chi connectivity index (χ4v) is 5.78. The lowest BCUT2D eigenvalue weighted by Crippen LogP contribution is -2.16. The zero-order valence-electron chi connectivity index (χ0n) is 23.0. The number of benzene rings is 3. The van der Waals surface area contributed by atoms with Gasteiger partial charge in [-0.2, -0.15) is 0 Å². The fourth-order valence-electron chi connectivity index (χ4n) is 3.92. The van der Waals surface area contributed by atoms with Crippen molar-refractivity contribution in [2.75, 3.05) is 28.3 Å². The van der Waals surface area contributed by atoms with Gasteiger partial charge in [0, 0.05) is 34.0 Å². The summed E-state index contributed by atoms with van der Waals surface area (Å²) in [5.74, 6) is -2.04. The molecule has 43 heavy (non-hydrogen) atoms. The molecule has 0 radical (unpaired) electrons. The number of para-hydroxylation sites is 1. The van der Waals surface area contributed by atoms with Crippen LogP contribution >= 0.6 is 23.1 Å². The number of nitro groups is 1. The van der Waals surface area contributed by atoms with E-state index in [1.165, 1.54) is 36.0 Å². The number of nitrogens with zero attached hydrogens (tertiary/aromatic N) is 1. The minimum atomic E-state index is -0.648. The van der Waals surface area contributed by atoms with Crippen molar-refractivity contribution in [3.63, 3.8) is 0 Å². The van der Waals surface area contributed by atoms with Crippen molar-refractivity contribution in [2.24, 2.45) is 0 Å². The number of thioether (sulfide) groups is 1. The Balaban J connectivity index is 1.43. The monoisotopic (exact) mass is 618 g/mol. The largest absolute Gasteiger partial charge is 0.462 e. The van der Waals surface area contributed by atoms with Crippen LogP contribution in [0, 0.1) is 17.0 Å². The van der Waals surface area contributed by atoms with Gasteiger partial charge in [-0.1, -0.05) is 30.3 Å². The molecule has 0 unspecified atom stereocenters. The zero-order valence-corrected chi connectivity index (χ0v) is 24.7. The number of esters is 1. The summed E-state index contributed by atoms with van der Waals surface area (Å²) in [6.45, 7) is 3.41. The number of rotatable bonds is 11. The molecule has 4 rings (SSSR count). The zero-order chi connectivity index (χ0) is 30.9. The van der Waals surface area contributed by atoms with Crippen molar-refractivity contribution in [1.82, 2.24) is 0 Å². The van der Waals surface area contributed by atoms with Gasteiger partial charge in [-0.15, -0.1) is 23.1 Å². The van der Waals surface area contributed by atoms with E-state index in [0.717, 1.165) is 11.3 Å². The maximum Gasteiger partial charge on any atom is 0.341 e. The molecular formula is C30H26N4O7S2. The molecule has 0 atom stereocenters. The van der Waals surface area contributed by atoms with E-state index in [1.807, 2.05) is 6.07 Å². The first-order valence-electron chi connectivity index (χ1n) is 12.9. The molecule has 0 bridgehead atoms. The van der Waals surface area contributed by atoms with Gasteiger partial charge in [0.2, 0.25) is 5.91 Å². The summed E-state index contributed by atoms with van der Waals surface area (Å²) in [6.07, 6.45) is 0. The van der Waals surface area contributed by atoms with Gasteiger partial charge in [0.25, 0.3) is 17.5 Å². The van der Waals surface area contributed by atoms with Gasteiger partial charge in [0.15, 0.2) is 0 Å². The SMILES string of the molecule is CCOC(=O)c1c(NC(=O)CSc2cccc(NC(=O)c3cccc([N+](=O)[O-])c3)c2)sc(C(=O)Nc2ccccc2)c1C. The highest BCUT2D eigenvalue weighted by molar-refractivity contribution is 8.00. The summed E-state index contributed by atoms with van der Waals surface area (Å²) >= 11 is 2.18. The Labute approximate surface area is 254 Å². The van der Waals surface area contributed by atoms with Gasteiger partial charge < -0.3 is 20.7 Å². The second-order valence-corrected chi connectivity index (χ2v) is 11.0. The number of carbonyl (C=O) groups excluding carboxylic acids is 4. The van der Waals surface area contributed by atoms with Crippen LogP contribution in [0.5, 0.6) is 0 Å². The van der Waals surface area contributed by atoms with E-state index < -0.39 is 28.6 Å². The van der Waals surface area contributed by atoms with Crippen molar-refractivity contribution in [1.29, 1.82) is 0 Å². The minimum absolute atomic E-state index is 0.0347. The number of hydrogen-bond donors (Lipinski definition) is 3. The number of thiophene rings is 1. The third kappa shape index (κ3) is 8.05. The van der Waals surface area contributed by atoms with Crippen LogP contribution in [0.4, 0.5) is 22.1 Å². The Kier molecular flexibility index (Phi) is 10.3. The third-order valence-corrected chi connectivity index (χ3v) is 8.10. The van der Waals surface area contributed by atoms with Crippen LogP contribution in [0.25, 0.3) is 0 Å². The molecule has 3 amide bonds. The number of carbonyl (C=O) groups is 4. The first kappa shape index (κ1) is 30.9. The molecule has 220 valence electrons. The van der Waals surface area contributed by atoms with Crippen molar-refractivity contribution < 1.29 is 28.8 Å². The standard InChI is InChI=1S/C30H26N4O7S2/c1-3-41-30(38)25-18(2)26(28(37)31-20-10-5-4-6-11-20)43-29(25)33-24(35)17-42-23-14-8-12-21(16-23)32-27(36)19-9-7-13-22(15-19)34(39)40/h4-16H,3,17H2,1-2H3,(H,31,37)(H,32,36)(H,33,35). The molecular weight excluding hydrogens is 592 g/mol. The van der Waals surface area contributed by atoms with Crippen molar-refractivity contribution in [3.05, 3.63) is 111 Å². The molecule has 0 saturated heterocycles. The van der Waals surface area contributed by atoms with Gasteiger partial charge in [0.1, 0.15) is 5.00 Å². The molecule has 0 aliphatic heterocycles. The number of nitrogens with one attached hydrogen (secondary N) is 3. The summed E-state index contributed by atoms with van der Waals surface area (Å²) in [4.78, 5) is 62.7. The summed E-state index contributed by atoms with van der Waals surface area (Å²) in [6, 6.07) is 21.0. The smallest absolute Gasteiger partial charge is 0.341 e. The molecule has 0 saturated carbocycles. The van der Waals surface area contributed by atoms with E-state index >= 15 is 0 Å². The van der Waals surface area contributed by atoms with Crippen molar-refractivity contribution >= 4 is 68.9 Å². The van der Waals surface area contributed by atoms with Crippen LogP contribution in [-0.4, -0.2) is 41.0 Å². The first-order valence-corrected chi connectivity index (χ1v) is 14.7. The minimum Gasteiger partial charge on any atom is -0.462 e. The van der Waals surface area contributed by atoms with Crippen LogP contribution in [0.1, 0.15) is 42.9 Å². The molecule has 4 aromatic rings. The van der Waals surface area contributed by atoms with Gasteiger partial charge in [-0.25, -0.2) is 4.79 Å². The van der Waals surface area contributed by atoms with E-state index in [-0.39, 0.29) is 39.1 Å². The van der Waals surface area contributed by atoms with Crippen molar-refractivity contribution in [3.8, 4) is 0 Å². The normalized spacial score (nSPS) is 10.5. The van der Waals surface area contributed by atoms with Crippen LogP contribution in [0.3, 0.4) is 0 Å². The lowest BCUT2D eigenvalue weighted by Gasteiger charge is -2.09. The summed E-state index contributed by atoms with van der Waals surface area (Å²) in [5.41, 5.74) is 1.48. The Bertz CT molecular complexity index is 1690. The van der Waals surface area contributed by atoms with E-state index in [0.29, 0.717) is 21.8 Å². The maximum atomic E-state index is 13.0. The second-order valence-electron chi connectivity index (χ2n) is 8.93. The molecule has 0 fully saturated rings. The Morgan fingerprint density at radius 3 is 2.30 bits per heavy atom. The predicted octanol–water partition coefficient (Wildman–Crippen LogP) is 6.38. The number of anilines is 3. The number of amides is 3. The number of hydrogen-bond acceptors (Lipinski definition) is 9. The van der Waals surface area contributed by atoms with Gasteiger partial charge in [-0.3, -0.25) is 24.5 Å². The maximum absolute atomic E-state index is 13.0. The summed E-state index contributed by atoms with van der Waals surface area (Å²) in [5, 5.41) is 19.4. The van der Waals surface area contributed by atoms with Gasteiger partial charge >= 0.3 is 5.97 Å². The predicted molar refractivity (Wildman–Crippen MR) is 166 cm³/mol. The molecule has 3 N–H and O–H groups in total. The Morgan fingerprint density at radius 2 is 1.58 bits per heavy atom. The summed E-state index contributed by atoms with van der Waals surface area (Å²) < 4.78 is 5.18. The Morgan fingerprint density at radius 1 is 0.884 bits per heavy atom. The quantitative estimate of drug-likeness (QED) is 0.0757. The molecule has 1 aromatic heterocycles. The number of nitro benzene ring substituents is 1. The lowest BCUT2D eigenvalue weighted by molar-refractivity contribution is -0.384. The van der Waals surface area contributed by atoms with E-state index in [1.54, 1.807) is 62.4 Å². The first-order chi connectivity index (χ1) is 20.7. The third-order valence-electron chi connectivity index (χ3n) is 5.90. The highest BCUT2D eigenvalue weighted by Gasteiger charge is 2.27. The molecule has 1 heterocycles. The molecule has 0 spiro atoms. The average molecular weight is 619 g/mol. The van der Waals surface area contributed by atoms with E-state index in [4.69, 9.17) is 4.74 Å². The lowest BCUT2D eigenvalue weighted by atomic mass is 10.1. The molecule has 0 aliphatic carbocycles. The van der Waals surface area contributed by atoms with E-state index in [9.17, 15) is 29.3 Å². The van der Waals surface area contributed by atoms with Gasteiger partial charge in [-0.05, 0) is 55.8 Å². The topological polar surface area (TPSA) is 157 Å². The molecule has 3 aromatic carbocycles. The van der Waals surface area contributed by atoms with Crippen LogP contribution in [-0.2, 0) is 9.53 Å². The van der Waals surface area contributed by atoms with Crippen LogP contribution < -0.4 is 16.0 Å². The highest BCUT2D eigenvalue weighted by atomic mass is 32.2. The van der Waals surface area contributed by atoms with Gasteiger partial charge in [0.05, 0.1) is 27.7 Å². The van der Waals surface area contributed by atoms with Crippen LogP contribution in [0.15, 0.2) is 83.8 Å². The molecule has 13 heteroatoms. The molecule has 11 nitrogen and oxygen atoms in total. The Hall–Kier alpha value is -5.01. The fraction of sp³-hybridized carbons (Fsp3) is 0.133. The number of ether oxygens (including phenoxy) is 1.